The Bertz CT molecular complexity index is 480. The molecule has 0 bridgehead atoms. The van der Waals surface area contributed by atoms with Gasteiger partial charge in [-0.15, -0.1) is 24.8 Å². The Hall–Kier alpha value is -0.750. The molecule has 86 valence electrons. The zero-order chi connectivity index (χ0) is 8.55. The van der Waals surface area contributed by atoms with Crippen LogP contribution in [0.1, 0.15) is 0 Å². The Labute approximate surface area is 104 Å². The van der Waals surface area contributed by atoms with Crippen molar-refractivity contribution in [3.8, 4) is 0 Å². The van der Waals surface area contributed by atoms with Gasteiger partial charge < -0.3 is 15.9 Å². The number of rotatable bonds is 0. The van der Waals surface area contributed by atoms with Gasteiger partial charge in [0, 0.05) is 7.05 Å². The van der Waals surface area contributed by atoms with E-state index < -0.39 is 0 Å². The van der Waals surface area contributed by atoms with E-state index in [1.807, 2.05) is 23.7 Å². The van der Waals surface area contributed by atoms with Crippen molar-refractivity contribution < 1.29 is 5.48 Å². The third kappa shape index (κ3) is 2.85. The van der Waals surface area contributed by atoms with Crippen LogP contribution in [0.3, 0.4) is 0 Å². The quantitative estimate of drug-likeness (QED) is 0.563. The molecule has 15 heavy (non-hydrogen) atoms. The van der Waals surface area contributed by atoms with Gasteiger partial charge in [-0.1, -0.05) is 23.5 Å². The highest BCUT2D eigenvalue weighted by molar-refractivity contribution is 7.16. The van der Waals surface area contributed by atoms with Crippen LogP contribution in [0.5, 0.6) is 0 Å². The van der Waals surface area contributed by atoms with E-state index >= 15 is 0 Å². The van der Waals surface area contributed by atoms with Gasteiger partial charge in [-0.3, -0.25) is 0 Å². The van der Waals surface area contributed by atoms with Gasteiger partial charge in [0.05, 0.1) is 10.2 Å². The molecule has 4 nitrogen and oxygen atoms in total. The van der Waals surface area contributed by atoms with Gasteiger partial charge in [0.25, 0.3) is 0 Å². The lowest BCUT2D eigenvalue weighted by atomic mass is 10.3. The molecular formula is C8H13Cl2N3OS. The Morgan fingerprint density at radius 2 is 1.87 bits per heavy atom. The number of aryl methyl sites for hydroxylation is 1. The second kappa shape index (κ2) is 6.68. The van der Waals surface area contributed by atoms with Gasteiger partial charge in [0.15, 0.2) is 0 Å². The van der Waals surface area contributed by atoms with Crippen molar-refractivity contribution in [2.45, 2.75) is 0 Å². The summed E-state index contributed by atoms with van der Waals surface area (Å²) in [5, 5.41) is 3.69. The number of benzene rings is 1. The molecule has 1 heterocycles. The molecule has 0 radical (unpaired) electrons. The van der Waals surface area contributed by atoms with Crippen LogP contribution in [0.2, 0.25) is 0 Å². The van der Waals surface area contributed by atoms with E-state index in [1.165, 1.54) is 10.2 Å². The van der Waals surface area contributed by atoms with Crippen LogP contribution in [0.25, 0.3) is 10.2 Å². The Kier molecular flexibility index (Phi) is 7.43. The van der Waals surface area contributed by atoms with Gasteiger partial charge in [0.1, 0.15) is 0 Å². The molecule has 0 aliphatic rings. The molecule has 4 N–H and O–H groups in total. The van der Waals surface area contributed by atoms with E-state index in [9.17, 15) is 0 Å². The topological polar surface area (TPSA) is 74.8 Å². The second-order valence-corrected chi connectivity index (χ2v) is 3.55. The van der Waals surface area contributed by atoms with E-state index in [0.29, 0.717) is 0 Å². The number of nitrogens with two attached hydrogens (primary N) is 1. The van der Waals surface area contributed by atoms with Gasteiger partial charge in [-0.05, 0) is 12.1 Å². The predicted molar refractivity (Wildman–Crippen MR) is 68.7 cm³/mol. The second-order valence-electron chi connectivity index (χ2n) is 2.54. The molecule has 0 saturated heterocycles. The summed E-state index contributed by atoms with van der Waals surface area (Å²) in [5.74, 6) is 5.23. The Balaban J connectivity index is 0. The van der Waals surface area contributed by atoms with Crippen LogP contribution < -0.4 is 10.6 Å². The number of hydrogen-bond donors (Lipinski definition) is 1. The highest BCUT2D eigenvalue weighted by atomic mass is 35.5. The zero-order valence-electron chi connectivity index (χ0n) is 8.01. The summed E-state index contributed by atoms with van der Waals surface area (Å²) in [4.78, 5) is 0.844. The average Bonchev–Trinajstić information content (AvgIpc) is 2.44. The number of halogens is 2. The summed E-state index contributed by atoms with van der Waals surface area (Å²) in [7, 11) is 1.96. The lowest BCUT2D eigenvalue weighted by Gasteiger charge is -1.91. The van der Waals surface area contributed by atoms with E-state index in [1.54, 1.807) is 11.3 Å². The van der Waals surface area contributed by atoms with Gasteiger partial charge in [-0.25, -0.2) is 0 Å². The molecular weight excluding hydrogens is 257 g/mol. The minimum atomic E-state index is 0. The normalized spacial score (nSPS) is 10.1. The van der Waals surface area contributed by atoms with Crippen LogP contribution in [0.15, 0.2) is 29.4 Å². The molecule has 2 rings (SSSR count). The standard InChI is InChI=1S/C8H9N3S.2ClH.H2O/c1-11-6-4-2-3-5-7(6)12-8(11)10-9;;;/h2-5H,9H2,1H3;2*1H;1H2. The maximum atomic E-state index is 5.23. The van der Waals surface area contributed by atoms with Gasteiger partial charge in [0.2, 0.25) is 4.80 Å². The SMILES string of the molecule is Cl.Cl.Cn1c(=NN)sc2ccccc21.O. The van der Waals surface area contributed by atoms with Crippen molar-refractivity contribution in [1.29, 1.82) is 0 Å². The van der Waals surface area contributed by atoms with Gasteiger partial charge in [-0.2, -0.15) is 5.10 Å². The molecule has 0 fully saturated rings. The molecule has 0 aliphatic heterocycles. The summed E-state index contributed by atoms with van der Waals surface area (Å²) < 4.78 is 3.20. The van der Waals surface area contributed by atoms with E-state index in [2.05, 4.69) is 17.2 Å². The van der Waals surface area contributed by atoms with Crippen molar-refractivity contribution in [3.05, 3.63) is 29.1 Å². The zero-order valence-corrected chi connectivity index (χ0v) is 10.5. The number of fused-ring (bicyclic) bond motifs is 1. The maximum absolute atomic E-state index is 5.23. The Morgan fingerprint density at radius 3 is 2.40 bits per heavy atom. The smallest absolute Gasteiger partial charge is 0.208 e. The monoisotopic (exact) mass is 269 g/mol. The molecule has 0 saturated carbocycles. The fraction of sp³-hybridized carbons (Fsp3) is 0.125. The Morgan fingerprint density at radius 1 is 1.27 bits per heavy atom. The molecule has 7 heteroatoms. The van der Waals surface area contributed by atoms with Crippen molar-refractivity contribution in [3.63, 3.8) is 0 Å². The summed E-state index contributed by atoms with van der Waals surface area (Å²) in [6, 6.07) is 8.14. The van der Waals surface area contributed by atoms with Crippen LogP contribution in [0.4, 0.5) is 0 Å². The lowest BCUT2D eigenvalue weighted by molar-refractivity contribution is 0.824. The molecule has 0 aliphatic carbocycles. The lowest BCUT2D eigenvalue weighted by Crippen LogP contribution is -2.11. The molecule has 0 atom stereocenters. The molecule has 1 aromatic carbocycles. The molecule has 2 aromatic rings. The van der Waals surface area contributed by atoms with E-state index in [-0.39, 0.29) is 30.3 Å². The predicted octanol–water partition coefficient (Wildman–Crippen LogP) is 1.03. The van der Waals surface area contributed by atoms with E-state index in [0.717, 1.165) is 4.80 Å². The van der Waals surface area contributed by atoms with E-state index in [4.69, 9.17) is 5.84 Å². The summed E-state index contributed by atoms with van der Waals surface area (Å²) in [6.07, 6.45) is 0. The van der Waals surface area contributed by atoms with Crippen LogP contribution in [-0.2, 0) is 7.05 Å². The number of hydrogen-bond acceptors (Lipinski definition) is 3. The first-order valence-electron chi connectivity index (χ1n) is 3.61. The molecule has 1 aromatic heterocycles. The largest absolute Gasteiger partial charge is 0.412 e. The number of thiazole rings is 1. The summed E-state index contributed by atoms with van der Waals surface area (Å²) >= 11 is 1.60. The number of aromatic nitrogens is 1. The fourth-order valence-corrected chi connectivity index (χ4v) is 2.14. The van der Waals surface area contributed by atoms with Crippen LogP contribution in [0, 0.1) is 0 Å². The fourth-order valence-electron chi connectivity index (χ4n) is 1.20. The van der Waals surface area contributed by atoms with Crippen molar-refractivity contribution in [2.24, 2.45) is 18.0 Å². The molecule has 0 amide bonds. The van der Waals surface area contributed by atoms with Crippen molar-refractivity contribution in [2.75, 3.05) is 0 Å². The highest BCUT2D eigenvalue weighted by Gasteiger charge is 1.99. The van der Waals surface area contributed by atoms with Crippen LogP contribution in [-0.4, -0.2) is 10.0 Å². The summed E-state index contributed by atoms with van der Waals surface area (Å²) in [5.41, 5.74) is 1.17. The molecule has 0 unspecified atom stereocenters. The first-order valence-corrected chi connectivity index (χ1v) is 4.43. The number of nitrogens with zero attached hydrogens (tertiary/aromatic N) is 2. The minimum absolute atomic E-state index is 0. The molecule has 0 spiro atoms. The third-order valence-electron chi connectivity index (χ3n) is 1.83. The first kappa shape index (κ1) is 16.7. The highest BCUT2D eigenvalue weighted by Crippen LogP contribution is 2.14. The maximum Gasteiger partial charge on any atom is 0.208 e. The van der Waals surface area contributed by atoms with Crippen molar-refractivity contribution >= 4 is 46.4 Å². The first-order chi connectivity index (χ1) is 5.83. The van der Waals surface area contributed by atoms with Gasteiger partial charge >= 0.3 is 0 Å². The number of para-hydroxylation sites is 1. The van der Waals surface area contributed by atoms with Crippen molar-refractivity contribution in [1.82, 2.24) is 4.57 Å². The average molecular weight is 270 g/mol. The van der Waals surface area contributed by atoms with Crippen LogP contribution >= 0.6 is 36.2 Å². The minimum Gasteiger partial charge on any atom is -0.412 e. The summed E-state index contributed by atoms with van der Waals surface area (Å²) in [6.45, 7) is 0. The third-order valence-corrected chi connectivity index (χ3v) is 2.95.